The molecule has 0 aliphatic carbocycles. The molecule has 2 aromatic rings. The van der Waals surface area contributed by atoms with Gasteiger partial charge in [-0.2, -0.15) is 0 Å². The summed E-state index contributed by atoms with van der Waals surface area (Å²) in [6.45, 7) is 6.93. The highest BCUT2D eigenvalue weighted by Gasteiger charge is 2.13. The molecular weight excluding hydrogens is 380 g/mol. The summed E-state index contributed by atoms with van der Waals surface area (Å²) in [5.41, 5.74) is 1.11. The van der Waals surface area contributed by atoms with Crippen LogP contribution in [-0.4, -0.2) is 4.98 Å². The number of aromatic nitrogens is 1. The fourth-order valence-corrected chi connectivity index (χ4v) is 3.39. The molecule has 1 atom stereocenters. The first-order valence-electron chi connectivity index (χ1n) is 5.58. The number of halogens is 2. The van der Waals surface area contributed by atoms with Crippen LogP contribution in [0, 0.1) is 13.8 Å². The van der Waals surface area contributed by atoms with Crippen molar-refractivity contribution in [2.24, 2.45) is 0 Å². The SMILES string of the molecule is Cc1nc(C)c(C(C)NCc2cc(Br)c(Br)o2)s1. The molecule has 98 valence electrons. The smallest absolute Gasteiger partial charge is 0.183 e. The lowest BCUT2D eigenvalue weighted by atomic mass is 10.2. The molecule has 0 aliphatic heterocycles. The predicted octanol–water partition coefficient (Wildman–Crippen LogP) is 4.73. The molecule has 2 heterocycles. The lowest BCUT2D eigenvalue weighted by molar-refractivity contribution is 0.447. The second-order valence-electron chi connectivity index (χ2n) is 4.12. The molecule has 1 N–H and O–H groups in total. The molecule has 0 radical (unpaired) electrons. The summed E-state index contributed by atoms with van der Waals surface area (Å²) in [7, 11) is 0. The van der Waals surface area contributed by atoms with Gasteiger partial charge in [0.2, 0.25) is 0 Å². The third kappa shape index (κ3) is 3.23. The third-order valence-electron chi connectivity index (χ3n) is 2.61. The Hall–Kier alpha value is -0.170. The number of rotatable bonds is 4. The van der Waals surface area contributed by atoms with E-state index in [1.807, 2.05) is 13.0 Å². The monoisotopic (exact) mass is 392 g/mol. The largest absolute Gasteiger partial charge is 0.452 e. The number of hydrogen-bond acceptors (Lipinski definition) is 4. The number of furan rings is 1. The standard InChI is InChI=1S/C12H14Br2N2OS/c1-6(11-7(2)16-8(3)18-11)15-5-9-4-10(13)12(14)17-9/h4,6,15H,5H2,1-3H3. The van der Waals surface area contributed by atoms with Gasteiger partial charge in [-0.05, 0) is 58.7 Å². The van der Waals surface area contributed by atoms with Gasteiger partial charge in [0.05, 0.1) is 21.7 Å². The van der Waals surface area contributed by atoms with Crippen LogP contribution in [0.25, 0.3) is 0 Å². The van der Waals surface area contributed by atoms with Crippen LogP contribution >= 0.6 is 43.2 Å². The maximum atomic E-state index is 5.53. The zero-order valence-electron chi connectivity index (χ0n) is 10.4. The Morgan fingerprint density at radius 1 is 1.44 bits per heavy atom. The van der Waals surface area contributed by atoms with Crippen LogP contribution in [0.1, 0.15) is 34.3 Å². The van der Waals surface area contributed by atoms with Crippen molar-refractivity contribution in [1.82, 2.24) is 10.3 Å². The number of nitrogens with one attached hydrogen (secondary N) is 1. The molecule has 1 unspecified atom stereocenters. The molecule has 6 heteroatoms. The Balaban J connectivity index is 2.00. The van der Waals surface area contributed by atoms with E-state index in [2.05, 4.69) is 56.0 Å². The summed E-state index contributed by atoms with van der Waals surface area (Å²) >= 11 is 8.48. The molecule has 0 saturated carbocycles. The van der Waals surface area contributed by atoms with Crippen molar-refractivity contribution in [1.29, 1.82) is 0 Å². The van der Waals surface area contributed by atoms with Gasteiger partial charge < -0.3 is 9.73 Å². The fourth-order valence-electron chi connectivity index (χ4n) is 1.77. The Labute approximate surface area is 127 Å². The highest BCUT2D eigenvalue weighted by atomic mass is 79.9. The lowest BCUT2D eigenvalue weighted by Crippen LogP contribution is -2.17. The van der Waals surface area contributed by atoms with Gasteiger partial charge in [-0.15, -0.1) is 11.3 Å². The normalized spacial score (nSPS) is 12.9. The van der Waals surface area contributed by atoms with E-state index in [1.54, 1.807) is 11.3 Å². The highest BCUT2D eigenvalue weighted by Crippen LogP contribution is 2.28. The number of hydrogen-bond donors (Lipinski definition) is 1. The van der Waals surface area contributed by atoms with Gasteiger partial charge >= 0.3 is 0 Å². The molecule has 0 bridgehead atoms. The molecule has 18 heavy (non-hydrogen) atoms. The Morgan fingerprint density at radius 3 is 2.67 bits per heavy atom. The molecular formula is C12H14Br2N2OS. The van der Waals surface area contributed by atoms with Crippen molar-refractivity contribution in [3.8, 4) is 0 Å². The van der Waals surface area contributed by atoms with Crippen molar-refractivity contribution >= 4 is 43.2 Å². The van der Waals surface area contributed by atoms with E-state index in [0.717, 1.165) is 25.6 Å². The maximum Gasteiger partial charge on any atom is 0.183 e. The van der Waals surface area contributed by atoms with Crippen molar-refractivity contribution in [3.63, 3.8) is 0 Å². The summed E-state index contributed by atoms with van der Waals surface area (Å²) in [4.78, 5) is 5.73. The average Bonchev–Trinajstić information content (AvgIpc) is 2.79. The highest BCUT2D eigenvalue weighted by molar-refractivity contribution is 9.13. The average molecular weight is 394 g/mol. The van der Waals surface area contributed by atoms with Gasteiger partial charge in [0.15, 0.2) is 4.67 Å². The van der Waals surface area contributed by atoms with E-state index >= 15 is 0 Å². The Morgan fingerprint density at radius 2 is 2.17 bits per heavy atom. The molecule has 2 rings (SSSR count). The molecule has 0 aliphatic rings. The van der Waals surface area contributed by atoms with E-state index < -0.39 is 0 Å². The van der Waals surface area contributed by atoms with E-state index in [9.17, 15) is 0 Å². The van der Waals surface area contributed by atoms with Crippen LogP contribution in [-0.2, 0) is 6.54 Å². The van der Waals surface area contributed by atoms with Crippen LogP contribution < -0.4 is 5.32 Å². The second kappa shape index (κ2) is 5.86. The van der Waals surface area contributed by atoms with Crippen molar-refractivity contribution < 1.29 is 4.42 Å². The van der Waals surface area contributed by atoms with Gasteiger partial charge in [0.25, 0.3) is 0 Å². The summed E-state index contributed by atoms with van der Waals surface area (Å²) in [5.74, 6) is 0.902. The van der Waals surface area contributed by atoms with Crippen LogP contribution in [0.4, 0.5) is 0 Å². The molecule has 0 aromatic carbocycles. The minimum atomic E-state index is 0.277. The van der Waals surface area contributed by atoms with Crippen molar-refractivity contribution in [2.45, 2.75) is 33.4 Å². The maximum absolute atomic E-state index is 5.53. The molecule has 0 fully saturated rings. The van der Waals surface area contributed by atoms with Gasteiger partial charge in [-0.3, -0.25) is 0 Å². The molecule has 3 nitrogen and oxygen atoms in total. The third-order valence-corrected chi connectivity index (χ3v) is 5.58. The zero-order chi connectivity index (χ0) is 13.3. The van der Waals surface area contributed by atoms with Crippen molar-refractivity contribution in [3.05, 3.63) is 36.5 Å². The van der Waals surface area contributed by atoms with Crippen LogP contribution in [0.2, 0.25) is 0 Å². The van der Waals surface area contributed by atoms with E-state index in [0.29, 0.717) is 6.54 Å². The molecule has 0 saturated heterocycles. The van der Waals surface area contributed by atoms with E-state index in [4.69, 9.17) is 4.42 Å². The van der Waals surface area contributed by atoms with E-state index in [1.165, 1.54) is 4.88 Å². The van der Waals surface area contributed by atoms with Gasteiger partial charge in [-0.1, -0.05) is 0 Å². The zero-order valence-corrected chi connectivity index (χ0v) is 14.4. The van der Waals surface area contributed by atoms with Crippen LogP contribution in [0.3, 0.4) is 0 Å². The van der Waals surface area contributed by atoms with Gasteiger partial charge in [0, 0.05) is 10.9 Å². The second-order valence-corrected chi connectivity index (χ2v) is 6.93. The van der Waals surface area contributed by atoms with Gasteiger partial charge in [-0.25, -0.2) is 4.98 Å². The summed E-state index contributed by atoms with van der Waals surface area (Å²) in [5, 5.41) is 4.56. The fraction of sp³-hybridized carbons (Fsp3) is 0.417. The first kappa shape index (κ1) is 14.2. The summed E-state index contributed by atoms with van der Waals surface area (Å²) in [6, 6.07) is 2.24. The summed E-state index contributed by atoms with van der Waals surface area (Å²) in [6.07, 6.45) is 0. The quantitative estimate of drug-likeness (QED) is 0.815. The minimum Gasteiger partial charge on any atom is -0.452 e. The Bertz CT molecular complexity index is 531. The molecule has 0 spiro atoms. The van der Waals surface area contributed by atoms with Crippen LogP contribution in [0.5, 0.6) is 0 Å². The van der Waals surface area contributed by atoms with E-state index in [-0.39, 0.29) is 6.04 Å². The molecule has 2 aromatic heterocycles. The number of aryl methyl sites for hydroxylation is 2. The topological polar surface area (TPSA) is 38.1 Å². The Kier molecular flexibility index (Phi) is 4.64. The number of nitrogens with zero attached hydrogens (tertiary/aromatic N) is 1. The minimum absolute atomic E-state index is 0.277. The first-order chi connectivity index (χ1) is 8.47. The van der Waals surface area contributed by atoms with Crippen molar-refractivity contribution in [2.75, 3.05) is 0 Å². The lowest BCUT2D eigenvalue weighted by Gasteiger charge is -2.11. The number of thiazole rings is 1. The molecule has 0 amide bonds. The predicted molar refractivity (Wildman–Crippen MR) is 81.0 cm³/mol. The van der Waals surface area contributed by atoms with Gasteiger partial charge in [0.1, 0.15) is 5.76 Å². The van der Waals surface area contributed by atoms with Crippen LogP contribution in [0.15, 0.2) is 19.6 Å². The first-order valence-corrected chi connectivity index (χ1v) is 7.98. The summed E-state index contributed by atoms with van der Waals surface area (Å²) < 4.78 is 7.21.